The lowest BCUT2D eigenvalue weighted by Crippen LogP contribution is -2.19. The molecular formula is C28H26N2O3. The Balaban J connectivity index is 1.56. The molecule has 0 radical (unpaired) electrons. The van der Waals surface area contributed by atoms with E-state index >= 15 is 0 Å². The van der Waals surface area contributed by atoms with Gasteiger partial charge in [-0.25, -0.2) is 4.79 Å². The quantitative estimate of drug-likeness (QED) is 0.412. The first-order valence-electron chi connectivity index (χ1n) is 10.9. The van der Waals surface area contributed by atoms with Gasteiger partial charge in [0.05, 0.1) is 17.2 Å². The number of hydrogen-bond acceptors (Lipinski definition) is 5. The largest absolute Gasteiger partial charge is 0.489 e. The molecule has 4 rings (SSSR count). The molecule has 166 valence electrons. The van der Waals surface area contributed by atoms with E-state index in [4.69, 9.17) is 9.47 Å². The van der Waals surface area contributed by atoms with Crippen LogP contribution in [0.2, 0.25) is 0 Å². The van der Waals surface area contributed by atoms with Crippen LogP contribution in [0.5, 0.6) is 5.75 Å². The summed E-state index contributed by atoms with van der Waals surface area (Å²) < 4.78 is 12.0. The molecule has 1 unspecified atom stereocenters. The standard InChI is InChI=1S/C28H26N2O3/c1-20-18-25(27(21(2)30-20)33-28(31)23-13-8-16-29-19-23)24-14-6-7-15-26(24)32-17-9-12-22-10-4-3-5-11-22/h3-16,19,25H,17-18H2,1-2H3. The van der Waals surface area contributed by atoms with E-state index in [1.807, 2.05) is 80.6 Å². The highest BCUT2D eigenvalue weighted by atomic mass is 16.5. The minimum Gasteiger partial charge on any atom is -0.489 e. The monoisotopic (exact) mass is 438 g/mol. The highest BCUT2D eigenvalue weighted by Gasteiger charge is 2.30. The normalized spacial score (nSPS) is 15.9. The molecule has 0 saturated heterocycles. The predicted octanol–water partition coefficient (Wildman–Crippen LogP) is 6.21. The fourth-order valence-corrected chi connectivity index (χ4v) is 3.85. The number of rotatable bonds is 7. The summed E-state index contributed by atoms with van der Waals surface area (Å²) in [6.45, 7) is 4.29. The molecule has 33 heavy (non-hydrogen) atoms. The van der Waals surface area contributed by atoms with Crippen LogP contribution in [0, 0.1) is 0 Å². The molecule has 3 aromatic rings. The maximum atomic E-state index is 12.8. The Hall–Kier alpha value is -3.99. The van der Waals surface area contributed by atoms with Crippen LogP contribution in [-0.4, -0.2) is 23.3 Å². The first kappa shape index (κ1) is 22.2. The van der Waals surface area contributed by atoms with Crippen LogP contribution < -0.4 is 4.74 Å². The van der Waals surface area contributed by atoms with E-state index in [1.54, 1.807) is 18.3 Å². The molecule has 0 saturated carbocycles. The third-order valence-corrected chi connectivity index (χ3v) is 5.37. The SMILES string of the molecule is CC1=NC(C)=C(OC(=O)c2cccnc2)C(c2ccccc2OCC=Cc2ccccc2)C1. The number of aromatic nitrogens is 1. The molecule has 0 bridgehead atoms. The van der Waals surface area contributed by atoms with Gasteiger partial charge in [-0.05, 0) is 50.1 Å². The fraction of sp³-hybridized carbons (Fsp3) is 0.179. The van der Waals surface area contributed by atoms with Crippen molar-refractivity contribution in [2.75, 3.05) is 6.61 Å². The van der Waals surface area contributed by atoms with Gasteiger partial charge in [0.1, 0.15) is 18.1 Å². The highest BCUT2D eigenvalue weighted by molar-refractivity contribution is 5.90. The van der Waals surface area contributed by atoms with E-state index in [-0.39, 0.29) is 5.92 Å². The predicted molar refractivity (Wildman–Crippen MR) is 130 cm³/mol. The van der Waals surface area contributed by atoms with Crippen molar-refractivity contribution in [3.8, 4) is 5.75 Å². The third kappa shape index (κ3) is 5.63. The molecule has 0 aliphatic carbocycles. The maximum absolute atomic E-state index is 12.8. The molecule has 5 heteroatoms. The van der Waals surface area contributed by atoms with Gasteiger partial charge in [0.2, 0.25) is 0 Å². The first-order valence-corrected chi connectivity index (χ1v) is 10.9. The molecule has 0 spiro atoms. The number of hydrogen-bond donors (Lipinski definition) is 0. The molecule has 1 atom stereocenters. The zero-order valence-electron chi connectivity index (χ0n) is 18.8. The molecule has 1 aliphatic heterocycles. The number of ether oxygens (including phenoxy) is 2. The van der Waals surface area contributed by atoms with Gasteiger partial charge in [0.25, 0.3) is 0 Å². The zero-order valence-corrected chi connectivity index (χ0v) is 18.8. The zero-order chi connectivity index (χ0) is 23.0. The van der Waals surface area contributed by atoms with Gasteiger partial charge in [-0.1, -0.05) is 54.6 Å². The lowest BCUT2D eigenvalue weighted by molar-refractivity contribution is 0.0598. The van der Waals surface area contributed by atoms with Gasteiger partial charge in [-0.15, -0.1) is 0 Å². The van der Waals surface area contributed by atoms with Crippen molar-refractivity contribution >= 4 is 17.8 Å². The number of esters is 1. The van der Waals surface area contributed by atoms with Crippen LogP contribution in [0.15, 0.2) is 102 Å². The van der Waals surface area contributed by atoms with Crippen molar-refractivity contribution < 1.29 is 14.3 Å². The second kappa shape index (κ2) is 10.6. The van der Waals surface area contributed by atoms with Crippen molar-refractivity contribution in [1.29, 1.82) is 0 Å². The van der Waals surface area contributed by atoms with E-state index in [0.29, 0.717) is 30.0 Å². The fourth-order valence-electron chi connectivity index (χ4n) is 3.85. The molecule has 0 N–H and O–H groups in total. The maximum Gasteiger partial charge on any atom is 0.344 e. The van der Waals surface area contributed by atoms with Gasteiger partial charge in [-0.3, -0.25) is 9.98 Å². The van der Waals surface area contributed by atoms with Crippen LogP contribution in [0.1, 0.15) is 47.7 Å². The van der Waals surface area contributed by atoms with Crippen molar-refractivity contribution in [3.63, 3.8) is 0 Å². The number of nitrogens with zero attached hydrogens (tertiary/aromatic N) is 2. The van der Waals surface area contributed by atoms with E-state index in [1.165, 1.54) is 6.20 Å². The third-order valence-electron chi connectivity index (χ3n) is 5.37. The summed E-state index contributed by atoms with van der Waals surface area (Å²) in [5.74, 6) is 0.696. The summed E-state index contributed by atoms with van der Waals surface area (Å²) in [5, 5.41) is 0. The van der Waals surface area contributed by atoms with Crippen LogP contribution in [0.3, 0.4) is 0 Å². The Morgan fingerprint density at radius 1 is 1.03 bits per heavy atom. The van der Waals surface area contributed by atoms with Crippen molar-refractivity contribution in [2.24, 2.45) is 4.99 Å². The number of carbonyl (C=O) groups is 1. The number of aliphatic imine (C=N–C) groups is 1. The van der Waals surface area contributed by atoms with Gasteiger partial charge < -0.3 is 9.47 Å². The number of benzene rings is 2. The minimum absolute atomic E-state index is 0.169. The van der Waals surface area contributed by atoms with Crippen LogP contribution in [-0.2, 0) is 4.74 Å². The smallest absolute Gasteiger partial charge is 0.344 e. The molecule has 5 nitrogen and oxygen atoms in total. The Bertz CT molecular complexity index is 1200. The molecule has 0 amide bonds. The average Bonchev–Trinajstić information content (AvgIpc) is 2.85. The lowest BCUT2D eigenvalue weighted by atomic mass is 9.88. The topological polar surface area (TPSA) is 60.8 Å². The molecular weight excluding hydrogens is 412 g/mol. The Labute approximate surface area is 194 Å². The van der Waals surface area contributed by atoms with Gasteiger partial charge in [-0.2, -0.15) is 0 Å². The van der Waals surface area contributed by atoms with Crippen molar-refractivity contribution in [1.82, 2.24) is 4.98 Å². The summed E-state index contributed by atoms with van der Waals surface area (Å²) in [6, 6.07) is 21.4. The van der Waals surface area contributed by atoms with Crippen LogP contribution in [0.25, 0.3) is 6.08 Å². The Kier molecular flexibility index (Phi) is 7.10. The minimum atomic E-state index is -0.443. The van der Waals surface area contributed by atoms with E-state index in [9.17, 15) is 4.79 Å². The molecule has 1 aromatic heterocycles. The molecule has 1 aliphatic rings. The second-order valence-electron chi connectivity index (χ2n) is 7.85. The average molecular weight is 439 g/mol. The summed E-state index contributed by atoms with van der Waals surface area (Å²) in [7, 11) is 0. The summed E-state index contributed by atoms with van der Waals surface area (Å²) in [6.07, 6.45) is 7.79. The van der Waals surface area contributed by atoms with Crippen LogP contribution >= 0.6 is 0 Å². The highest BCUT2D eigenvalue weighted by Crippen LogP contribution is 2.39. The van der Waals surface area contributed by atoms with Crippen LogP contribution in [0.4, 0.5) is 0 Å². The van der Waals surface area contributed by atoms with Gasteiger partial charge in [0, 0.05) is 23.7 Å². The number of allylic oxidation sites excluding steroid dienone is 2. The Morgan fingerprint density at radius 3 is 2.61 bits per heavy atom. The van der Waals surface area contributed by atoms with E-state index < -0.39 is 5.97 Å². The van der Waals surface area contributed by atoms with Gasteiger partial charge >= 0.3 is 5.97 Å². The van der Waals surface area contributed by atoms with Crippen molar-refractivity contribution in [2.45, 2.75) is 26.2 Å². The molecule has 2 heterocycles. The van der Waals surface area contributed by atoms with Gasteiger partial charge in [0.15, 0.2) is 0 Å². The number of pyridine rings is 1. The number of para-hydroxylation sites is 1. The van der Waals surface area contributed by atoms with Crippen molar-refractivity contribution in [3.05, 3.63) is 113 Å². The number of carbonyl (C=O) groups excluding carboxylic acids is 1. The summed E-state index contributed by atoms with van der Waals surface area (Å²) >= 11 is 0. The lowest BCUT2D eigenvalue weighted by Gasteiger charge is -2.26. The second-order valence-corrected chi connectivity index (χ2v) is 7.85. The van der Waals surface area contributed by atoms with E-state index in [0.717, 1.165) is 22.6 Å². The summed E-state index contributed by atoms with van der Waals surface area (Å²) in [5.41, 5.74) is 4.17. The first-order chi connectivity index (χ1) is 16.1. The Morgan fingerprint density at radius 2 is 1.82 bits per heavy atom. The summed E-state index contributed by atoms with van der Waals surface area (Å²) in [4.78, 5) is 21.4. The van der Waals surface area contributed by atoms with E-state index in [2.05, 4.69) is 9.98 Å². The molecule has 2 aromatic carbocycles. The molecule has 0 fully saturated rings.